The largest absolute Gasteiger partial charge is 0.495 e. The Balaban J connectivity index is 1.29. The van der Waals surface area contributed by atoms with E-state index in [4.69, 9.17) is 13.9 Å². The van der Waals surface area contributed by atoms with Gasteiger partial charge in [-0.1, -0.05) is 12.2 Å². The van der Waals surface area contributed by atoms with Gasteiger partial charge in [-0.2, -0.15) is 8.78 Å². The average Bonchev–Trinajstić information content (AvgIpc) is 3.48. The van der Waals surface area contributed by atoms with E-state index in [1.54, 1.807) is 24.4 Å². The lowest BCUT2D eigenvalue weighted by Crippen LogP contribution is -2.44. The molecule has 0 spiro atoms. The number of methoxy groups -OCH3 is 1. The van der Waals surface area contributed by atoms with Crippen molar-refractivity contribution in [2.45, 2.75) is 19.0 Å². The normalized spacial score (nSPS) is 17.4. The molecule has 2 aliphatic rings. The van der Waals surface area contributed by atoms with Crippen LogP contribution >= 0.6 is 0 Å². The highest BCUT2D eigenvalue weighted by atomic mass is 19.3. The summed E-state index contributed by atoms with van der Waals surface area (Å²) in [5, 5.41) is 10.2. The molecule has 1 N–H and O–H groups in total. The van der Waals surface area contributed by atoms with Crippen LogP contribution in [0, 0.1) is 5.82 Å². The number of nitrogens with zero attached hydrogens (tertiary/aromatic N) is 5. The average molecular weight is 557 g/mol. The van der Waals surface area contributed by atoms with Gasteiger partial charge in [0.2, 0.25) is 12.3 Å². The van der Waals surface area contributed by atoms with Crippen molar-refractivity contribution in [3.63, 3.8) is 0 Å². The molecule has 5 rings (SSSR count). The zero-order chi connectivity index (χ0) is 28.1. The summed E-state index contributed by atoms with van der Waals surface area (Å²) in [6, 6.07) is 6.02. The Morgan fingerprint density at radius 3 is 2.70 bits per heavy atom. The van der Waals surface area contributed by atoms with E-state index in [0.717, 1.165) is 32.8 Å². The van der Waals surface area contributed by atoms with Gasteiger partial charge in [0.05, 0.1) is 49.9 Å². The molecule has 0 saturated carbocycles. The first-order valence-corrected chi connectivity index (χ1v) is 12.6. The summed E-state index contributed by atoms with van der Waals surface area (Å²) in [5.41, 5.74) is 1.98. The summed E-state index contributed by atoms with van der Waals surface area (Å²) in [4.78, 5) is 19.8. The topological polar surface area (TPSA) is 106 Å². The molecule has 1 atom stereocenters. The fraction of sp³-hybridized carbons (Fsp3) is 0.333. The fourth-order valence-electron chi connectivity index (χ4n) is 4.45. The number of carbonyl (C=O) groups excluding carboxylic acids is 1. The van der Waals surface area contributed by atoms with E-state index < -0.39 is 18.1 Å². The van der Waals surface area contributed by atoms with Crippen LogP contribution in [0.25, 0.3) is 17.0 Å². The highest BCUT2D eigenvalue weighted by molar-refractivity contribution is 5.83. The Bertz CT molecular complexity index is 1390. The Kier molecular flexibility index (Phi) is 8.41. The van der Waals surface area contributed by atoms with Crippen LogP contribution in [0.15, 0.2) is 53.2 Å². The number of halogens is 3. The van der Waals surface area contributed by atoms with Crippen LogP contribution in [0.5, 0.6) is 5.75 Å². The number of morpholine rings is 1. The first-order chi connectivity index (χ1) is 19.4. The second-order valence-corrected chi connectivity index (χ2v) is 9.17. The van der Waals surface area contributed by atoms with Crippen molar-refractivity contribution < 1.29 is 31.9 Å². The van der Waals surface area contributed by atoms with E-state index in [-0.39, 0.29) is 24.2 Å². The molecule has 1 unspecified atom stereocenters. The number of alkyl halides is 2. The predicted octanol–water partition coefficient (Wildman–Crippen LogP) is 3.58. The number of nitrogens with one attached hydrogen (secondary N) is 1. The molecule has 0 bridgehead atoms. The van der Waals surface area contributed by atoms with Crippen molar-refractivity contribution in [2.24, 2.45) is 0 Å². The molecule has 3 aromatic rings. The molecular formula is C27H27F3N6O4. The Morgan fingerprint density at radius 2 is 2.08 bits per heavy atom. The van der Waals surface area contributed by atoms with Crippen molar-refractivity contribution in [1.82, 2.24) is 25.4 Å². The third kappa shape index (κ3) is 6.15. The van der Waals surface area contributed by atoms with E-state index in [1.165, 1.54) is 24.3 Å². The minimum Gasteiger partial charge on any atom is -0.495 e. The summed E-state index contributed by atoms with van der Waals surface area (Å²) < 4.78 is 56.6. The monoisotopic (exact) mass is 556 g/mol. The third-order valence-electron chi connectivity index (χ3n) is 6.57. The number of ether oxygens (including phenoxy) is 2. The van der Waals surface area contributed by atoms with Gasteiger partial charge in [0, 0.05) is 49.2 Å². The molecule has 1 saturated heterocycles. The summed E-state index contributed by atoms with van der Waals surface area (Å²) in [7, 11) is 1.44. The number of hydrogen-bond donors (Lipinski definition) is 1. The van der Waals surface area contributed by atoms with Crippen LogP contribution in [0.2, 0.25) is 0 Å². The molecule has 1 amide bonds. The maximum atomic E-state index is 15.3. The maximum absolute atomic E-state index is 15.3. The molecule has 13 heteroatoms. The van der Waals surface area contributed by atoms with Crippen LogP contribution in [0.3, 0.4) is 0 Å². The lowest BCUT2D eigenvalue weighted by Gasteiger charge is -2.30. The van der Waals surface area contributed by atoms with Gasteiger partial charge >= 0.3 is 6.43 Å². The quantitative estimate of drug-likeness (QED) is 0.375. The van der Waals surface area contributed by atoms with E-state index >= 15 is 4.39 Å². The zero-order valence-electron chi connectivity index (χ0n) is 21.6. The van der Waals surface area contributed by atoms with Crippen molar-refractivity contribution in [3.05, 3.63) is 71.8 Å². The molecule has 2 aliphatic heterocycles. The summed E-state index contributed by atoms with van der Waals surface area (Å²) in [6.45, 7) is 4.02. The van der Waals surface area contributed by atoms with Gasteiger partial charge in [0.25, 0.3) is 5.89 Å². The van der Waals surface area contributed by atoms with Crippen molar-refractivity contribution >= 4 is 17.7 Å². The minimum atomic E-state index is -2.88. The maximum Gasteiger partial charge on any atom is 0.314 e. The van der Waals surface area contributed by atoms with Crippen molar-refractivity contribution in [3.8, 4) is 17.2 Å². The number of rotatable bonds is 10. The number of amides is 1. The number of anilines is 1. The molecule has 2 aromatic heterocycles. The third-order valence-corrected chi connectivity index (χ3v) is 6.57. The highest BCUT2D eigenvalue weighted by Crippen LogP contribution is 2.35. The molecular weight excluding hydrogens is 529 g/mol. The van der Waals surface area contributed by atoms with Crippen LogP contribution in [0.4, 0.5) is 18.9 Å². The highest BCUT2D eigenvalue weighted by Gasteiger charge is 2.22. The van der Waals surface area contributed by atoms with Gasteiger partial charge in [-0.05, 0) is 18.2 Å². The molecule has 4 heterocycles. The number of allylic oxidation sites excluding steroid dienone is 2. The van der Waals surface area contributed by atoms with E-state index in [0.29, 0.717) is 34.6 Å². The van der Waals surface area contributed by atoms with Gasteiger partial charge in [-0.15, -0.1) is 10.2 Å². The second kappa shape index (κ2) is 12.3. The number of benzene rings is 1. The lowest BCUT2D eigenvalue weighted by molar-refractivity contribution is -0.107. The number of hydrogen-bond acceptors (Lipinski definition) is 9. The molecule has 10 nitrogen and oxygen atoms in total. The van der Waals surface area contributed by atoms with Crippen molar-refractivity contribution in [2.75, 3.05) is 44.9 Å². The molecule has 40 heavy (non-hydrogen) atoms. The number of dihydropyridines is 1. The molecule has 1 fully saturated rings. The summed E-state index contributed by atoms with van der Waals surface area (Å²) in [6.07, 6.45) is 4.69. The molecule has 210 valence electrons. The SMILES string of the molecule is COc1cc(C2=CNC(CN3CCOCC3)C=C2)c(F)cc1N(C=O)Cc1ccc(-c2nnc(C(F)F)o2)cn1. The molecule has 0 aliphatic carbocycles. The number of aromatic nitrogens is 3. The smallest absolute Gasteiger partial charge is 0.314 e. The number of carbonyl (C=O) groups is 1. The van der Waals surface area contributed by atoms with Crippen LogP contribution < -0.4 is 15.0 Å². The standard InChI is InChI=1S/C27H27F3N6O4/c1-38-24-10-21(17-2-4-19(31-12-17)14-35-6-8-39-9-7-35)22(28)11-23(24)36(16-37)15-20-5-3-18(13-32-20)26-33-34-27(40-26)25(29)30/h2-5,10-13,16,19,25,31H,6-9,14-15H2,1H3. The summed E-state index contributed by atoms with van der Waals surface area (Å²) in [5.74, 6) is -1.11. The van der Waals surface area contributed by atoms with Crippen LogP contribution in [0.1, 0.15) is 23.6 Å². The first kappa shape index (κ1) is 27.3. The Hall–Kier alpha value is -4.23. The molecule has 1 aromatic carbocycles. The van der Waals surface area contributed by atoms with Crippen molar-refractivity contribution in [1.29, 1.82) is 0 Å². The Labute approximate surface area is 228 Å². The van der Waals surface area contributed by atoms with Gasteiger partial charge < -0.3 is 24.1 Å². The van der Waals surface area contributed by atoms with E-state index in [2.05, 4.69) is 25.4 Å². The van der Waals surface area contributed by atoms with Gasteiger partial charge in [-0.3, -0.25) is 14.7 Å². The predicted molar refractivity (Wildman–Crippen MR) is 139 cm³/mol. The first-order valence-electron chi connectivity index (χ1n) is 12.6. The summed E-state index contributed by atoms with van der Waals surface area (Å²) >= 11 is 0. The van der Waals surface area contributed by atoms with Gasteiger partial charge in [0.1, 0.15) is 11.6 Å². The fourth-order valence-corrected chi connectivity index (χ4v) is 4.45. The number of pyridine rings is 1. The lowest BCUT2D eigenvalue weighted by atomic mass is 10.0. The van der Waals surface area contributed by atoms with Gasteiger partial charge in [0.15, 0.2) is 0 Å². The van der Waals surface area contributed by atoms with Crippen LogP contribution in [-0.4, -0.2) is 72.5 Å². The van der Waals surface area contributed by atoms with E-state index in [9.17, 15) is 13.6 Å². The molecule has 0 radical (unpaired) electrons. The minimum absolute atomic E-state index is 0.00157. The zero-order valence-corrected chi connectivity index (χ0v) is 21.6. The second-order valence-electron chi connectivity index (χ2n) is 9.17. The van der Waals surface area contributed by atoms with Gasteiger partial charge in [-0.25, -0.2) is 4.39 Å². The van der Waals surface area contributed by atoms with Crippen LogP contribution in [-0.2, 0) is 16.1 Å². The van der Waals surface area contributed by atoms with E-state index in [1.807, 2.05) is 12.2 Å². The Morgan fingerprint density at radius 1 is 1.25 bits per heavy atom.